The van der Waals surface area contributed by atoms with Gasteiger partial charge in [0.1, 0.15) is 0 Å². The van der Waals surface area contributed by atoms with Crippen molar-refractivity contribution in [2.75, 3.05) is 0 Å². The van der Waals surface area contributed by atoms with Gasteiger partial charge < -0.3 is 0 Å². The normalized spacial score (nSPS) is 2.86. The molecule has 0 unspecified atom stereocenters. The van der Waals surface area contributed by atoms with Crippen molar-refractivity contribution in [2.45, 2.75) is 0 Å². The standard InChI is InChI=1S/C3H5.CO2.Li/c1-3-2;2-1-3;/h3H,1-2H2;;/q-1;;+1. The second-order valence-corrected chi connectivity index (χ2v) is 0.372. The molecule has 0 N–H and O–H groups in total. The van der Waals surface area contributed by atoms with Gasteiger partial charge in [0.2, 0.25) is 0 Å². The SMILES string of the molecule is C=C[CH2-].O=C=O.[Li+]. The van der Waals surface area contributed by atoms with Crippen LogP contribution in [0.1, 0.15) is 0 Å². The van der Waals surface area contributed by atoms with Crippen LogP contribution < -0.4 is 18.9 Å². The van der Waals surface area contributed by atoms with E-state index in [-0.39, 0.29) is 25.0 Å². The van der Waals surface area contributed by atoms with Crippen molar-refractivity contribution in [1.29, 1.82) is 0 Å². The van der Waals surface area contributed by atoms with Crippen molar-refractivity contribution < 1.29 is 28.4 Å². The second kappa shape index (κ2) is 46.7. The summed E-state index contributed by atoms with van der Waals surface area (Å²) in [5, 5.41) is 0. The van der Waals surface area contributed by atoms with Crippen molar-refractivity contribution in [3.8, 4) is 0 Å². The predicted octanol–water partition coefficient (Wildman–Crippen LogP) is -2.57. The average molecular weight is 92.0 g/mol. The summed E-state index contributed by atoms with van der Waals surface area (Å²) in [6.07, 6.45) is 1.75. The fraction of sp³-hybridized carbons (Fsp3) is 0. The van der Waals surface area contributed by atoms with Gasteiger partial charge in [-0.05, 0) is 0 Å². The first-order valence-corrected chi connectivity index (χ1v) is 1.22. The van der Waals surface area contributed by atoms with E-state index in [4.69, 9.17) is 9.59 Å². The van der Waals surface area contributed by atoms with Crippen LogP contribution in [0.25, 0.3) is 0 Å². The molecule has 0 amide bonds. The van der Waals surface area contributed by atoms with Crippen LogP contribution in [-0.4, -0.2) is 6.15 Å². The van der Waals surface area contributed by atoms with Gasteiger partial charge in [-0.2, -0.15) is 9.59 Å². The Morgan fingerprint density at radius 2 is 1.57 bits per heavy atom. The summed E-state index contributed by atoms with van der Waals surface area (Å²) < 4.78 is 0. The van der Waals surface area contributed by atoms with Gasteiger partial charge in [0, 0.05) is 0 Å². The average Bonchev–Trinajstić information content (AvgIpc) is 1.39. The molecule has 0 aromatic rings. The van der Waals surface area contributed by atoms with Crippen LogP contribution in [-0.2, 0) is 9.59 Å². The zero-order chi connectivity index (χ0) is 5.41. The summed E-state index contributed by atoms with van der Waals surface area (Å²) in [6.45, 7) is 6.50. The fourth-order valence-corrected chi connectivity index (χ4v) is 0. The maximum absolute atomic E-state index is 8.12. The summed E-state index contributed by atoms with van der Waals surface area (Å²) in [7, 11) is 0. The molecule has 0 aliphatic carbocycles. The topological polar surface area (TPSA) is 34.1 Å². The molecule has 0 aromatic carbocycles. The molecular formula is C4H5LiO2. The van der Waals surface area contributed by atoms with Crippen molar-refractivity contribution in [2.24, 2.45) is 0 Å². The Labute approximate surface area is 54.8 Å². The van der Waals surface area contributed by atoms with E-state index in [1.54, 1.807) is 0 Å². The van der Waals surface area contributed by atoms with Gasteiger partial charge in [-0.3, -0.25) is 0 Å². The summed E-state index contributed by atoms with van der Waals surface area (Å²) >= 11 is 0. The molecule has 0 aliphatic rings. The molecular weight excluding hydrogens is 87.0 g/mol. The van der Waals surface area contributed by atoms with E-state index < -0.39 is 0 Å². The summed E-state index contributed by atoms with van der Waals surface area (Å²) in [5.74, 6) is 0. The predicted molar refractivity (Wildman–Crippen MR) is 20.6 cm³/mol. The Kier molecular flexibility index (Phi) is 107. The van der Waals surface area contributed by atoms with E-state index >= 15 is 0 Å². The molecule has 34 valence electrons. The van der Waals surface area contributed by atoms with Gasteiger partial charge >= 0.3 is 25.0 Å². The van der Waals surface area contributed by atoms with Crippen LogP contribution in [0.15, 0.2) is 12.7 Å². The van der Waals surface area contributed by atoms with Crippen LogP contribution in [0.3, 0.4) is 0 Å². The minimum atomic E-state index is 0. The Hall–Kier alpha value is -0.413. The molecule has 0 atom stereocenters. The van der Waals surface area contributed by atoms with Crippen molar-refractivity contribution >= 4 is 6.15 Å². The molecule has 0 bridgehead atoms. The molecule has 7 heavy (non-hydrogen) atoms. The first-order valence-electron chi connectivity index (χ1n) is 1.22. The molecule has 0 rings (SSSR count). The fourth-order valence-electron chi connectivity index (χ4n) is 0. The Morgan fingerprint density at radius 1 is 1.57 bits per heavy atom. The summed E-state index contributed by atoms with van der Waals surface area (Å²) in [6, 6.07) is 0. The molecule has 2 nitrogen and oxygen atoms in total. The van der Waals surface area contributed by atoms with Crippen LogP contribution in [0, 0.1) is 6.92 Å². The number of hydrogen-bond acceptors (Lipinski definition) is 2. The number of allylic oxidation sites excluding steroid dienone is 1. The molecule has 0 spiro atoms. The van der Waals surface area contributed by atoms with Crippen LogP contribution in [0.5, 0.6) is 0 Å². The largest absolute Gasteiger partial charge is 1.00 e. The van der Waals surface area contributed by atoms with Gasteiger partial charge in [-0.25, -0.2) is 19.6 Å². The van der Waals surface area contributed by atoms with Gasteiger partial charge in [-0.1, -0.05) is 0 Å². The van der Waals surface area contributed by atoms with Gasteiger partial charge in [-0.15, -0.1) is 0 Å². The first kappa shape index (κ1) is 16.0. The first-order chi connectivity index (χ1) is 2.83. The van der Waals surface area contributed by atoms with Crippen molar-refractivity contribution in [3.05, 3.63) is 19.6 Å². The molecule has 0 radical (unpaired) electrons. The molecule has 0 fully saturated rings. The number of carbonyl (C=O) groups excluding carboxylic acids is 2. The van der Waals surface area contributed by atoms with Gasteiger partial charge in [0.15, 0.2) is 0 Å². The minimum absolute atomic E-state index is 0. The molecule has 0 saturated heterocycles. The molecule has 0 aromatic heterocycles. The zero-order valence-corrected chi connectivity index (χ0v) is 4.31. The van der Waals surface area contributed by atoms with Crippen LogP contribution >= 0.6 is 0 Å². The second-order valence-electron chi connectivity index (χ2n) is 0.372. The summed E-state index contributed by atoms with van der Waals surface area (Å²) in [5.41, 5.74) is 0. The monoisotopic (exact) mass is 92.0 g/mol. The van der Waals surface area contributed by atoms with Crippen molar-refractivity contribution in [1.82, 2.24) is 0 Å². The number of rotatable bonds is 0. The number of hydrogen-bond donors (Lipinski definition) is 0. The Bertz CT molecular complexity index is 54.7. The third-order valence-corrected chi connectivity index (χ3v) is 0. The van der Waals surface area contributed by atoms with E-state index in [1.165, 1.54) is 6.08 Å². The van der Waals surface area contributed by atoms with E-state index in [0.29, 0.717) is 0 Å². The molecule has 0 heterocycles. The van der Waals surface area contributed by atoms with E-state index in [1.807, 2.05) is 0 Å². The Morgan fingerprint density at radius 3 is 1.57 bits per heavy atom. The zero-order valence-electron chi connectivity index (χ0n) is 4.31. The third kappa shape index (κ3) is 422. The van der Waals surface area contributed by atoms with Gasteiger partial charge in [0.25, 0.3) is 0 Å². The van der Waals surface area contributed by atoms with E-state index in [0.717, 1.165) is 0 Å². The minimum Gasteiger partial charge on any atom is -0.245 e. The maximum Gasteiger partial charge on any atom is 1.00 e. The maximum atomic E-state index is 8.12. The van der Waals surface area contributed by atoms with E-state index in [2.05, 4.69) is 13.5 Å². The Balaban J connectivity index is -0.0000000400. The van der Waals surface area contributed by atoms with Crippen LogP contribution in [0.4, 0.5) is 0 Å². The molecule has 0 aliphatic heterocycles. The van der Waals surface area contributed by atoms with Crippen LogP contribution in [0.2, 0.25) is 0 Å². The van der Waals surface area contributed by atoms with Crippen molar-refractivity contribution in [3.63, 3.8) is 0 Å². The smallest absolute Gasteiger partial charge is 0.245 e. The quantitative estimate of drug-likeness (QED) is 0.243. The van der Waals surface area contributed by atoms with E-state index in [9.17, 15) is 0 Å². The van der Waals surface area contributed by atoms with Gasteiger partial charge in [0.05, 0.1) is 0 Å². The molecule has 3 heteroatoms. The summed E-state index contributed by atoms with van der Waals surface area (Å²) in [4.78, 5) is 16.2. The third-order valence-electron chi connectivity index (χ3n) is 0. The molecule has 0 saturated carbocycles.